The summed E-state index contributed by atoms with van der Waals surface area (Å²) in [6, 6.07) is 9.49. The second kappa shape index (κ2) is 5.33. The fraction of sp³-hybridized carbons (Fsp3) is 0.0625. The number of amides is 1. The summed E-state index contributed by atoms with van der Waals surface area (Å²) in [5, 5.41) is 11.7. The van der Waals surface area contributed by atoms with E-state index in [1.807, 2.05) is 0 Å². The molecular formula is C16H12N2O4. The molecule has 0 spiro atoms. The number of nitrogens with one attached hydrogen (secondary N) is 1. The molecule has 3 rings (SSSR count). The zero-order chi connectivity index (χ0) is 15.7. The first kappa shape index (κ1) is 13.8. The van der Waals surface area contributed by atoms with Crippen LogP contribution in [0, 0.1) is 6.92 Å². The molecule has 2 aromatic carbocycles. The van der Waals surface area contributed by atoms with Crippen LogP contribution < -0.4 is 5.32 Å². The Kier molecular flexibility index (Phi) is 3.34. The molecule has 1 aromatic heterocycles. The molecule has 0 radical (unpaired) electrons. The highest BCUT2D eigenvalue weighted by Gasteiger charge is 2.12. The van der Waals surface area contributed by atoms with Gasteiger partial charge >= 0.3 is 5.97 Å². The fourth-order valence-electron chi connectivity index (χ4n) is 2.08. The summed E-state index contributed by atoms with van der Waals surface area (Å²) in [6.07, 6.45) is 1.31. The van der Waals surface area contributed by atoms with Gasteiger partial charge in [0.25, 0.3) is 5.91 Å². The number of aromatic carboxylic acids is 1. The van der Waals surface area contributed by atoms with Gasteiger partial charge in [-0.3, -0.25) is 4.79 Å². The van der Waals surface area contributed by atoms with E-state index in [-0.39, 0.29) is 11.5 Å². The number of nitrogens with zero attached hydrogens (tertiary/aromatic N) is 1. The van der Waals surface area contributed by atoms with Crippen LogP contribution in [0.1, 0.15) is 26.3 Å². The van der Waals surface area contributed by atoms with E-state index in [2.05, 4.69) is 10.3 Å². The maximum absolute atomic E-state index is 12.3. The van der Waals surface area contributed by atoms with Crippen molar-refractivity contribution in [1.29, 1.82) is 0 Å². The standard InChI is InChI=1S/C16H12N2O4/c1-9-2-3-11(16(20)21)7-12(9)18-15(19)10-4-5-14-13(6-10)17-8-22-14/h2-8H,1H3,(H,18,19)(H,20,21). The highest BCUT2D eigenvalue weighted by Crippen LogP contribution is 2.19. The molecule has 0 aliphatic carbocycles. The van der Waals surface area contributed by atoms with Crippen LogP contribution in [-0.2, 0) is 0 Å². The van der Waals surface area contributed by atoms with Crippen LogP contribution in [0.4, 0.5) is 5.69 Å². The van der Waals surface area contributed by atoms with Gasteiger partial charge in [0.2, 0.25) is 0 Å². The molecule has 0 bridgehead atoms. The van der Waals surface area contributed by atoms with E-state index in [0.29, 0.717) is 22.4 Å². The summed E-state index contributed by atoms with van der Waals surface area (Å²) in [5.74, 6) is -1.38. The van der Waals surface area contributed by atoms with Gasteiger partial charge in [-0.15, -0.1) is 0 Å². The van der Waals surface area contributed by atoms with E-state index in [0.717, 1.165) is 5.56 Å². The van der Waals surface area contributed by atoms with Crippen molar-refractivity contribution >= 4 is 28.7 Å². The van der Waals surface area contributed by atoms with Crippen LogP contribution in [0.3, 0.4) is 0 Å². The number of carbonyl (C=O) groups is 2. The quantitative estimate of drug-likeness (QED) is 0.774. The number of hydrogen-bond donors (Lipinski definition) is 2. The third-order valence-electron chi connectivity index (χ3n) is 3.33. The van der Waals surface area contributed by atoms with E-state index in [1.54, 1.807) is 31.2 Å². The molecule has 0 aliphatic rings. The Morgan fingerprint density at radius 2 is 1.91 bits per heavy atom. The Morgan fingerprint density at radius 1 is 1.14 bits per heavy atom. The SMILES string of the molecule is Cc1ccc(C(=O)O)cc1NC(=O)c1ccc2ocnc2c1. The van der Waals surface area contributed by atoms with Gasteiger partial charge < -0.3 is 14.8 Å². The van der Waals surface area contributed by atoms with Crippen LogP contribution in [0.5, 0.6) is 0 Å². The summed E-state index contributed by atoms with van der Waals surface area (Å²) < 4.78 is 5.12. The van der Waals surface area contributed by atoms with E-state index >= 15 is 0 Å². The minimum Gasteiger partial charge on any atom is -0.478 e. The number of oxazole rings is 1. The summed E-state index contributed by atoms with van der Waals surface area (Å²) in [6.45, 7) is 1.79. The lowest BCUT2D eigenvalue weighted by Crippen LogP contribution is -2.13. The van der Waals surface area contributed by atoms with Crippen molar-refractivity contribution in [2.75, 3.05) is 5.32 Å². The Morgan fingerprint density at radius 3 is 2.68 bits per heavy atom. The van der Waals surface area contributed by atoms with Gasteiger partial charge in [-0.05, 0) is 42.8 Å². The summed E-state index contributed by atoms with van der Waals surface area (Å²) in [4.78, 5) is 27.3. The number of aryl methyl sites for hydroxylation is 1. The number of aromatic nitrogens is 1. The molecule has 6 heteroatoms. The van der Waals surface area contributed by atoms with E-state index in [4.69, 9.17) is 9.52 Å². The van der Waals surface area contributed by atoms with Gasteiger partial charge in [0, 0.05) is 11.3 Å². The van der Waals surface area contributed by atoms with Gasteiger partial charge in [-0.2, -0.15) is 0 Å². The van der Waals surface area contributed by atoms with Crippen molar-refractivity contribution in [3.8, 4) is 0 Å². The molecule has 6 nitrogen and oxygen atoms in total. The second-order valence-electron chi connectivity index (χ2n) is 4.82. The topological polar surface area (TPSA) is 92.4 Å². The van der Waals surface area contributed by atoms with E-state index < -0.39 is 5.97 Å². The van der Waals surface area contributed by atoms with Crippen LogP contribution >= 0.6 is 0 Å². The normalized spacial score (nSPS) is 10.6. The summed E-state index contributed by atoms with van der Waals surface area (Å²) >= 11 is 0. The largest absolute Gasteiger partial charge is 0.478 e. The Labute approximate surface area is 125 Å². The minimum absolute atomic E-state index is 0.118. The molecule has 110 valence electrons. The zero-order valence-electron chi connectivity index (χ0n) is 11.7. The molecule has 0 saturated carbocycles. The number of carboxylic acids is 1. The lowest BCUT2D eigenvalue weighted by molar-refractivity contribution is 0.0696. The van der Waals surface area contributed by atoms with E-state index in [9.17, 15) is 9.59 Å². The second-order valence-corrected chi connectivity index (χ2v) is 4.82. The summed E-state index contributed by atoms with van der Waals surface area (Å²) in [7, 11) is 0. The smallest absolute Gasteiger partial charge is 0.335 e. The molecule has 0 aliphatic heterocycles. The Hall–Kier alpha value is -3.15. The van der Waals surface area contributed by atoms with Crippen molar-refractivity contribution in [1.82, 2.24) is 4.98 Å². The van der Waals surface area contributed by atoms with Crippen LogP contribution in [0.15, 0.2) is 47.2 Å². The van der Waals surface area contributed by atoms with Crippen LogP contribution in [0.25, 0.3) is 11.1 Å². The highest BCUT2D eigenvalue weighted by atomic mass is 16.4. The Balaban J connectivity index is 1.90. The number of carbonyl (C=O) groups excluding carboxylic acids is 1. The van der Waals surface area contributed by atoms with Gasteiger partial charge in [-0.25, -0.2) is 9.78 Å². The molecule has 1 amide bonds. The van der Waals surface area contributed by atoms with Gasteiger partial charge in [0.05, 0.1) is 5.56 Å². The predicted octanol–water partition coefficient (Wildman–Crippen LogP) is 3.09. The van der Waals surface area contributed by atoms with Crippen molar-refractivity contribution in [2.24, 2.45) is 0 Å². The lowest BCUT2D eigenvalue weighted by atomic mass is 10.1. The van der Waals surface area contributed by atoms with Crippen LogP contribution in [-0.4, -0.2) is 22.0 Å². The zero-order valence-corrected chi connectivity index (χ0v) is 11.7. The van der Waals surface area contributed by atoms with Crippen LogP contribution in [0.2, 0.25) is 0 Å². The molecule has 1 heterocycles. The number of fused-ring (bicyclic) bond motifs is 1. The molecule has 0 unspecified atom stereocenters. The number of hydrogen-bond acceptors (Lipinski definition) is 4. The molecule has 0 fully saturated rings. The molecular weight excluding hydrogens is 284 g/mol. The number of anilines is 1. The molecule has 0 saturated heterocycles. The third kappa shape index (κ3) is 2.54. The maximum atomic E-state index is 12.3. The monoisotopic (exact) mass is 296 g/mol. The lowest BCUT2D eigenvalue weighted by Gasteiger charge is -2.09. The van der Waals surface area contributed by atoms with Crippen molar-refractivity contribution < 1.29 is 19.1 Å². The fourth-order valence-corrected chi connectivity index (χ4v) is 2.08. The van der Waals surface area contributed by atoms with Gasteiger partial charge in [0.1, 0.15) is 5.52 Å². The average Bonchev–Trinajstić information content (AvgIpc) is 2.96. The minimum atomic E-state index is -1.04. The number of rotatable bonds is 3. The number of benzene rings is 2. The van der Waals surface area contributed by atoms with Gasteiger partial charge in [-0.1, -0.05) is 6.07 Å². The van der Waals surface area contributed by atoms with Gasteiger partial charge in [0.15, 0.2) is 12.0 Å². The molecule has 3 aromatic rings. The van der Waals surface area contributed by atoms with Crippen molar-refractivity contribution in [3.05, 3.63) is 59.5 Å². The Bertz CT molecular complexity index is 883. The predicted molar refractivity (Wildman–Crippen MR) is 80.1 cm³/mol. The van der Waals surface area contributed by atoms with Crippen molar-refractivity contribution in [2.45, 2.75) is 6.92 Å². The highest BCUT2D eigenvalue weighted by molar-refractivity contribution is 6.06. The first-order valence-electron chi connectivity index (χ1n) is 6.53. The first-order valence-corrected chi connectivity index (χ1v) is 6.53. The molecule has 0 atom stereocenters. The number of carboxylic acid groups (broad SMARTS) is 1. The van der Waals surface area contributed by atoms with E-state index in [1.165, 1.54) is 18.5 Å². The average molecular weight is 296 g/mol. The maximum Gasteiger partial charge on any atom is 0.335 e. The molecule has 22 heavy (non-hydrogen) atoms. The first-order chi connectivity index (χ1) is 10.5. The van der Waals surface area contributed by atoms with Crippen molar-refractivity contribution in [3.63, 3.8) is 0 Å². The summed E-state index contributed by atoms with van der Waals surface area (Å²) in [5.41, 5.74) is 2.96. The molecule has 2 N–H and O–H groups in total. The third-order valence-corrected chi connectivity index (χ3v) is 3.33.